The van der Waals surface area contributed by atoms with Crippen LogP contribution in [0.25, 0.3) is 22.1 Å². The first kappa shape index (κ1) is 18.0. The fourth-order valence-corrected chi connectivity index (χ4v) is 2.81. The Bertz CT molecular complexity index is 945. The molecule has 0 radical (unpaired) electrons. The molecule has 7 nitrogen and oxygen atoms in total. The molecule has 0 aliphatic heterocycles. The number of amides is 1. The molecule has 138 valence electrons. The van der Waals surface area contributed by atoms with E-state index in [1.165, 1.54) is 0 Å². The van der Waals surface area contributed by atoms with E-state index in [0.29, 0.717) is 30.6 Å². The topological polar surface area (TPSA) is 99.9 Å². The van der Waals surface area contributed by atoms with Crippen molar-refractivity contribution in [2.24, 2.45) is 0 Å². The molecule has 3 N–H and O–H groups in total. The third kappa shape index (κ3) is 4.62. The molecule has 3 rings (SSSR count). The molecule has 0 saturated carbocycles. The third-order valence-electron chi connectivity index (χ3n) is 4.19. The van der Waals surface area contributed by atoms with E-state index >= 15 is 0 Å². The van der Waals surface area contributed by atoms with Gasteiger partial charge in [-0.2, -0.15) is 0 Å². The minimum Gasteiger partial charge on any atom is -0.494 e. The number of H-pyrrole nitrogens is 2. The summed E-state index contributed by atoms with van der Waals surface area (Å²) in [6, 6.07) is 7.46. The van der Waals surface area contributed by atoms with Gasteiger partial charge in [-0.15, -0.1) is 0 Å². The summed E-state index contributed by atoms with van der Waals surface area (Å²) in [5, 5.41) is 3.81. The van der Waals surface area contributed by atoms with E-state index in [4.69, 9.17) is 4.74 Å². The largest absolute Gasteiger partial charge is 0.494 e. The number of rotatable bonds is 9. The maximum absolute atomic E-state index is 11.7. The number of unbranched alkanes of at least 4 members (excludes halogenated alkanes) is 2. The number of aromatic nitrogens is 3. The van der Waals surface area contributed by atoms with Crippen LogP contribution in [-0.2, 0) is 4.79 Å². The number of benzene rings is 1. The number of nitrogens with zero attached hydrogens (tertiary/aromatic N) is 1. The monoisotopic (exact) mass is 356 g/mol. The number of fused-ring (bicyclic) bond motifs is 2. The summed E-state index contributed by atoms with van der Waals surface area (Å²) >= 11 is 0. The number of carbonyl (C=O) groups excluding carboxylic acids is 1. The van der Waals surface area contributed by atoms with Crippen LogP contribution in [0.2, 0.25) is 0 Å². The highest BCUT2D eigenvalue weighted by molar-refractivity contribution is 5.89. The fraction of sp³-hybridized carbons (Fsp3) is 0.421. The predicted molar refractivity (Wildman–Crippen MR) is 101 cm³/mol. The van der Waals surface area contributed by atoms with Crippen LogP contribution in [0.15, 0.2) is 29.1 Å². The van der Waals surface area contributed by atoms with Gasteiger partial charge >= 0.3 is 5.69 Å². The van der Waals surface area contributed by atoms with Crippen LogP contribution in [0.3, 0.4) is 0 Å². The van der Waals surface area contributed by atoms with E-state index in [9.17, 15) is 9.59 Å². The van der Waals surface area contributed by atoms with Gasteiger partial charge in [0.1, 0.15) is 5.75 Å². The summed E-state index contributed by atoms with van der Waals surface area (Å²) in [7, 11) is 0. The molecule has 0 unspecified atom stereocenters. The molecule has 2 aromatic heterocycles. The van der Waals surface area contributed by atoms with Crippen molar-refractivity contribution >= 4 is 28.0 Å². The number of imidazole rings is 1. The second-order valence-electron chi connectivity index (χ2n) is 6.33. The Morgan fingerprint density at radius 3 is 2.92 bits per heavy atom. The molecule has 1 aromatic carbocycles. The van der Waals surface area contributed by atoms with Crippen LogP contribution in [0, 0.1) is 0 Å². The second kappa shape index (κ2) is 8.51. The van der Waals surface area contributed by atoms with Gasteiger partial charge in [0.05, 0.1) is 17.6 Å². The SMILES string of the molecule is CCCCCNC(=O)CCCOc1ccc2nc3[nH]c(=O)[nH]c3cc2c1. The highest BCUT2D eigenvalue weighted by atomic mass is 16.5. The van der Waals surface area contributed by atoms with Gasteiger partial charge in [-0.25, -0.2) is 9.78 Å². The minimum absolute atomic E-state index is 0.0752. The Labute approximate surface area is 151 Å². The first-order valence-corrected chi connectivity index (χ1v) is 9.08. The van der Waals surface area contributed by atoms with Crippen LogP contribution in [0.1, 0.15) is 39.0 Å². The Morgan fingerprint density at radius 2 is 2.08 bits per heavy atom. The molecule has 0 fully saturated rings. The predicted octanol–water partition coefficient (Wildman–Crippen LogP) is 2.87. The van der Waals surface area contributed by atoms with Gasteiger partial charge < -0.3 is 15.0 Å². The number of ether oxygens (including phenoxy) is 1. The molecule has 2 heterocycles. The van der Waals surface area contributed by atoms with Crippen molar-refractivity contribution in [1.29, 1.82) is 0 Å². The maximum atomic E-state index is 11.7. The van der Waals surface area contributed by atoms with E-state index in [2.05, 4.69) is 27.2 Å². The molecular formula is C19H24N4O3. The average molecular weight is 356 g/mol. The summed E-state index contributed by atoms with van der Waals surface area (Å²) < 4.78 is 5.74. The van der Waals surface area contributed by atoms with E-state index in [-0.39, 0.29) is 11.6 Å². The number of pyridine rings is 1. The molecule has 26 heavy (non-hydrogen) atoms. The third-order valence-corrected chi connectivity index (χ3v) is 4.19. The summed E-state index contributed by atoms with van der Waals surface area (Å²) in [4.78, 5) is 32.8. The average Bonchev–Trinajstić information content (AvgIpc) is 2.99. The van der Waals surface area contributed by atoms with Gasteiger partial charge in [-0.1, -0.05) is 19.8 Å². The van der Waals surface area contributed by atoms with E-state index in [1.54, 1.807) is 0 Å². The number of carbonyl (C=O) groups is 1. The van der Waals surface area contributed by atoms with E-state index < -0.39 is 0 Å². The highest BCUT2D eigenvalue weighted by Gasteiger charge is 2.05. The fourth-order valence-electron chi connectivity index (χ4n) is 2.81. The lowest BCUT2D eigenvalue weighted by atomic mass is 10.2. The Kier molecular flexibility index (Phi) is 5.88. The summed E-state index contributed by atoms with van der Waals surface area (Å²) in [6.45, 7) is 3.37. The highest BCUT2D eigenvalue weighted by Crippen LogP contribution is 2.22. The zero-order valence-corrected chi connectivity index (χ0v) is 14.9. The standard InChI is InChI=1S/C19H24N4O3/c1-2-3-4-9-20-17(24)6-5-10-26-14-7-8-15-13(11-14)12-16-18(21-15)23-19(25)22-16/h7-8,11-12H,2-6,9-10H2,1H3,(H,20,24)(H2,21,22,23,25). The molecule has 1 amide bonds. The molecule has 0 spiro atoms. The molecule has 0 saturated heterocycles. The first-order chi connectivity index (χ1) is 12.7. The van der Waals surface area contributed by atoms with Crippen molar-refractivity contribution in [1.82, 2.24) is 20.3 Å². The Balaban J connectivity index is 1.50. The van der Waals surface area contributed by atoms with Crippen molar-refractivity contribution in [2.45, 2.75) is 39.0 Å². The van der Waals surface area contributed by atoms with Crippen molar-refractivity contribution in [3.05, 3.63) is 34.7 Å². The van der Waals surface area contributed by atoms with Crippen LogP contribution in [0.4, 0.5) is 0 Å². The Hall–Kier alpha value is -2.83. The van der Waals surface area contributed by atoms with Gasteiger partial charge in [0, 0.05) is 18.4 Å². The van der Waals surface area contributed by atoms with Gasteiger partial charge in [0.15, 0.2) is 5.65 Å². The van der Waals surface area contributed by atoms with E-state index in [0.717, 1.165) is 42.5 Å². The second-order valence-corrected chi connectivity index (χ2v) is 6.33. The van der Waals surface area contributed by atoms with Gasteiger partial charge in [0.25, 0.3) is 0 Å². The zero-order chi connectivity index (χ0) is 18.4. The Morgan fingerprint density at radius 1 is 1.19 bits per heavy atom. The lowest BCUT2D eigenvalue weighted by molar-refractivity contribution is -0.121. The lowest BCUT2D eigenvalue weighted by Gasteiger charge is -2.08. The molecule has 7 heteroatoms. The van der Waals surface area contributed by atoms with Crippen molar-refractivity contribution in [3.63, 3.8) is 0 Å². The number of hydrogen-bond acceptors (Lipinski definition) is 4. The first-order valence-electron chi connectivity index (χ1n) is 9.08. The molecule has 0 bridgehead atoms. The van der Waals surface area contributed by atoms with Crippen LogP contribution in [-0.4, -0.2) is 34.0 Å². The lowest BCUT2D eigenvalue weighted by Crippen LogP contribution is -2.24. The maximum Gasteiger partial charge on any atom is 0.325 e. The van der Waals surface area contributed by atoms with Crippen LogP contribution < -0.4 is 15.7 Å². The van der Waals surface area contributed by atoms with Gasteiger partial charge in [-0.05, 0) is 37.1 Å². The van der Waals surface area contributed by atoms with Crippen molar-refractivity contribution in [2.75, 3.05) is 13.2 Å². The summed E-state index contributed by atoms with van der Waals surface area (Å²) in [5.41, 5.74) is 1.72. The normalized spacial score (nSPS) is 11.1. The van der Waals surface area contributed by atoms with Crippen LogP contribution in [0.5, 0.6) is 5.75 Å². The van der Waals surface area contributed by atoms with Crippen LogP contribution >= 0.6 is 0 Å². The molecular weight excluding hydrogens is 332 g/mol. The molecule has 0 aliphatic rings. The summed E-state index contributed by atoms with van der Waals surface area (Å²) in [5.74, 6) is 0.797. The van der Waals surface area contributed by atoms with Gasteiger partial charge in [0.2, 0.25) is 5.91 Å². The number of nitrogens with one attached hydrogen (secondary N) is 3. The smallest absolute Gasteiger partial charge is 0.325 e. The molecule has 0 atom stereocenters. The molecule has 3 aromatic rings. The molecule has 0 aliphatic carbocycles. The number of aromatic amines is 2. The quantitative estimate of drug-likeness (QED) is 0.513. The van der Waals surface area contributed by atoms with Crippen molar-refractivity contribution < 1.29 is 9.53 Å². The van der Waals surface area contributed by atoms with E-state index in [1.807, 2.05) is 24.3 Å². The summed E-state index contributed by atoms with van der Waals surface area (Å²) in [6.07, 6.45) is 4.45. The minimum atomic E-state index is -0.271. The van der Waals surface area contributed by atoms with Gasteiger partial charge in [-0.3, -0.25) is 9.78 Å². The van der Waals surface area contributed by atoms with Crippen molar-refractivity contribution in [3.8, 4) is 5.75 Å². The number of hydrogen-bond donors (Lipinski definition) is 3. The zero-order valence-electron chi connectivity index (χ0n) is 14.9.